The number of para-hydroxylation sites is 1. The maximum absolute atomic E-state index is 13.4. The topological polar surface area (TPSA) is 103 Å². The Kier molecular flexibility index (Phi) is 10.2. The molecule has 7 nitrogen and oxygen atoms in total. The van der Waals surface area contributed by atoms with Crippen molar-refractivity contribution in [1.29, 1.82) is 0 Å². The first-order valence-corrected chi connectivity index (χ1v) is 13.9. The minimum Gasteiger partial charge on any atom is -0.490 e. The van der Waals surface area contributed by atoms with E-state index < -0.39 is 6.04 Å². The first-order valence-electron chi connectivity index (χ1n) is 13.9. The third kappa shape index (κ3) is 8.23. The molecule has 1 heterocycles. The van der Waals surface area contributed by atoms with Crippen LogP contribution in [0.15, 0.2) is 72.9 Å². The Morgan fingerprint density at radius 3 is 2.46 bits per heavy atom. The van der Waals surface area contributed by atoms with Crippen molar-refractivity contribution in [3.63, 3.8) is 0 Å². The van der Waals surface area contributed by atoms with Gasteiger partial charge in [-0.1, -0.05) is 42.2 Å². The van der Waals surface area contributed by atoms with E-state index in [2.05, 4.69) is 27.5 Å². The molecule has 0 aliphatic heterocycles. The predicted octanol–water partition coefficient (Wildman–Crippen LogP) is 4.76. The molecule has 0 saturated carbocycles. The third-order valence-corrected chi connectivity index (χ3v) is 6.74. The Morgan fingerprint density at radius 2 is 1.73 bits per heavy atom. The zero-order valence-corrected chi connectivity index (χ0v) is 23.8. The SMILES string of the molecule is CNC(=O)CCCc1ccc(C#Cc2ccc(OC(C)C)c(C(=O)N[C@@H](CO)Cc3c[nH]c4ccccc34)c2)cc1. The molecule has 2 amide bonds. The van der Waals surface area contributed by atoms with Gasteiger partial charge >= 0.3 is 0 Å². The number of carbonyl (C=O) groups excluding carboxylic acids is 2. The van der Waals surface area contributed by atoms with E-state index in [-0.39, 0.29) is 24.5 Å². The van der Waals surface area contributed by atoms with Crippen LogP contribution in [0.5, 0.6) is 5.75 Å². The van der Waals surface area contributed by atoms with Crippen LogP contribution in [-0.2, 0) is 17.6 Å². The minimum absolute atomic E-state index is 0.0477. The molecule has 4 aromatic rings. The van der Waals surface area contributed by atoms with Gasteiger partial charge in [0, 0.05) is 41.7 Å². The van der Waals surface area contributed by atoms with E-state index in [0.717, 1.165) is 40.4 Å². The maximum Gasteiger partial charge on any atom is 0.255 e. The number of aromatic nitrogens is 1. The van der Waals surface area contributed by atoms with Gasteiger partial charge in [-0.25, -0.2) is 0 Å². The van der Waals surface area contributed by atoms with Gasteiger partial charge in [0.1, 0.15) is 5.75 Å². The van der Waals surface area contributed by atoms with Crippen molar-refractivity contribution in [2.45, 2.75) is 51.7 Å². The van der Waals surface area contributed by atoms with Gasteiger partial charge in [0.25, 0.3) is 5.91 Å². The Balaban J connectivity index is 1.48. The lowest BCUT2D eigenvalue weighted by atomic mass is 10.0. The molecule has 4 N–H and O–H groups in total. The third-order valence-electron chi connectivity index (χ3n) is 6.74. The van der Waals surface area contributed by atoms with Crippen LogP contribution < -0.4 is 15.4 Å². The summed E-state index contributed by atoms with van der Waals surface area (Å²) in [5.74, 6) is 6.50. The fourth-order valence-electron chi connectivity index (χ4n) is 4.61. The molecule has 0 aliphatic carbocycles. The lowest BCUT2D eigenvalue weighted by Gasteiger charge is -2.19. The highest BCUT2D eigenvalue weighted by atomic mass is 16.5. The molecule has 1 aromatic heterocycles. The van der Waals surface area contributed by atoms with Crippen LogP contribution in [0.2, 0.25) is 0 Å². The van der Waals surface area contributed by atoms with E-state index in [9.17, 15) is 14.7 Å². The number of aliphatic hydroxyl groups is 1. The monoisotopic (exact) mass is 551 g/mol. The van der Waals surface area contributed by atoms with E-state index in [0.29, 0.717) is 29.7 Å². The Morgan fingerprint density at radius 1 is 1.00 bits per heavy atom. The zero-order valence-electron chi connectivity index (χ0n) is 23.8. The van der Waals surface area contributed by atoms with Crippen molar-refractivity contribution >= 4 is 22.7 Å². The lowest BCUT2D eigenvalue weighted by molar-refractivity contribution is -0.120. The summed E-state index contributed by atoms with van der Waals surface area (Å²) in [6, 6.07) is 20.8. The highest BCUT2D eigenvalue weighted by molar-refractivity contribution is 5.97. The number of carbonyl (C=O) groups is 2. The van der Waals surface area contributed by atoms with E-state index in [1.54, 1.807) is 19.2 Å². The molecule has 7 heteroatoms. The summed E-state index contributed by atoms with van der Waals surface area (Å²) in [6.07, 6.45) is 4.40. The van der Waals surface area contributed by atoms with E-state index in [1.807, 2.05) is 74.6 Å². The molecule has 0 bridgehead atoms. The quantitative estimate of drug-likeness (QED) is 0.202. The van der Waals surface area contributed by atoms with Gasteiger partial charge in [0.2, 0.25) is 5.91 Å². The Hall–Kier alpha value is -4.54. The van der Waals surface area contributed by atoms with Crippen molar-refractivity contribution in [3.05, 3.63) is 101 Å². The minimum atomic E-state index is -0.474. The van der Waals surface area contributed by atoms with Gasteiger partial charge in [-0.2, -0.15) is 0 Å². The second-order valence-corrected chi connectivity index (χ2v) is 10.3. The second kappa shape index (κ2) is 14.2. The number of H-pyrrole nitrogens is 1. The van der Waals surface area contributed by atoms with Crippen molar-refractivity contribution in [3.8, 4) is 17.6 Å². The molecular weight excluding hydrogens is 514 g/mol. The van der Waals surface area contributed by atoms with Gasteiger partial charge < -0.3 is 25.5 Å². The van der Waals surface area contributed by atoms with Gasteiger partial charge in [-0.3, -0.25) is 9.59 Å². The molecule has 4 rings (SSSR count). The van der Waals surface area contributed by atoms with Crippen LogP contribution in [0.1, 0.15) is 59.3 Å². The number of aliphatic hydroxyl groups excluding tert-OH is 1. The average Bonchev–Trinajstić information content (AvgIpc) is 3.39. The Labute approximate surface area is 241 Å². The van der Waals surface area contributed by atoms with Crippen molar-refractivity contribution in [2.24, 2.45) is 0 Å². The van der Waals surface area contributed by atoms with Crippen molar-refractivity contribution < 1.29 is 19.4 Å². The molecule has 1 atom stereocenters. The molecule has 0 fully saturated rings. The van der Waals surface area contributed by atoms with Crippen LogP contribution in [0.25, 0.3) is 10.9 Å². The standard InChI is InChI=1S/C34H37N3O4/c1-23(2)41-32-18-17-26(16-15-25-13-11-24(12-14-25)7-6-10-33(39)35-3)19-30(32)34(40)37-28(22-38)20-27-21-36-31-9-5-4-8-29(27)31/h4-5,8-9,11-14,17-19,21,23,28,36,38H,6-7,10,20,22H2,1-3H3,(H,35,39)(H,37,40)/t28-/m1/s1. The predicted molar refractivity (Wildman–Crippen MR) is 162 cm³/mol. The Bertz CT molecular complexity index is 1540. The highest BCUT2D eigenvalue weighted by Gasteiger charge is 2.19. The van der Waals surface area contributed by atoms with Gasteiger partial charge in [0.15, 0.2) is 0 Å². The van der Waals surface area contributed by atoms with Gasteiger partial charge in [-0.05, 0) is 80.6 Å². The molecule has 0 spiro atoms. The van der Waals surface area contributed by atoms with E-state index in [4.69, 9.17) is 4.74 Å². The lowest BCUT2D eigenvalue weighted by Crippen LogP contribution is -2.39. The zero-order chi connectivity index (χ0) is 29.2. The summed E-state index contributed by atoms with van der Waals surface area (Å²) in [7, 11) is 1.65. The summed E-state index contributed by atoms with van der Waals surface area (Å²) in [4.78, 5) is 28.1. The number of ether oxygens (including phenoxy) is 1. The number of nitrogens with one attached hydrogen (secondary N) is 3. The molecule has 0 unspecified atom stereocenters. The first-order chi connectivity index (χ1) is 19.9. The molecule has 0 aliphatic rings. The first kappa shape index (κ1) is 29.4. The summed E-state index contributed by atoms with van der Waals surface area (Å²) < 4.78 is 5.93. The van der Waals surface area contributed by atoms with Crippen LogP contribution in [0.3, 0.4) is 0 Å². The summed E-state index contributed by atoms with van der Waals surface area (Å²) in [6.45, 7) is 3.61. The highest BCUT2D eigenvalue weighted by Crippen LogP contribution is 2.23. The average molecular weight is 552 g/mol. The number of rotatable bonds is 11. The molecular formula is C34H37N3O4. The van der Waals surface area contributed by atoms with Crippen LogP contribution >= 0.6 is 0 Å². The summed E-state index contributed by atoms with van der Waals surface area (Å²) >= 11 is 0. The smallest absolute Gasteiger partial charge is 0.255 e. The molecule has 3 aromatic carbocycles. The number of hydrogen-bond donors (Lipinski definition) is 4. The number of aryl methyl sites for hydroxylation is 1. The fourth-order valence-corrected chi connectivity index (χ4v) is 4.61. The maximum atomic E-state index is 13.4. The number of hydrogen-bond acceptors (Lipinski definition) is 4. The fraction of sp³-hybridized carbons (Fsp3) is 0.294. The number of amides is 2. The second-order valence-electron chi connectivity index (χ2n) is 10.3. The van der Waals surface area contributed by atoms with Crippen LogP contribution in [0, 0.1) is 11.8 Å². The molecule has 212 valence electrons. The molecule has 0 radical (unpaired) electrons. The normalized spacial score (nSPS) is 11.5. The largest absolute Gasteiger partial charge is 0.490 e. The molecule has 41 heavy (non-hydrogen) atoms. The van der Waals surface area contributed by atoms with Crippen LogP contribution in [0.4, 0.5) is 0 Å². The van der Waals surface area contributed by atoms with E-state index in [1.165, 1.54) is 0 Å². The number of aromatic amines is 1. The van der Waals surface area contributed by atoms with Crippen molar-refractivity contribution in [1.82, 2.24) is 15.6 Å². The summed E-state index contributed by atoms with van der Waals surface area (Å²) in [5.41, 5.74) is 5.09. The van der Waals surface area contributed by atoms with Crippen LogP contribution in [-0.4, -0.2) is 47.7 Å². The van der Waals surface area contributed by atoms with Gasteiger partial charge in [0.05, 0.1) is 24.3 Å². The number of benzene rings is 3. The number of fused-ring (bicyclic) bond motifs is 1. The van der Waals surface area contributed by atoms with E-state index >= 15 is 0 Å². The molecule has 0 saturated heterocycles. The summed E-state index contributed by atoms with van der Waals surface area (Å²) in [5, 5.41) is 16.8. The van der Waals surface area contributed by atoms with Gasteiger partial charge in [-0.15, -0.1) is 0 Å². The van der Waals surface area contributed by atoms with Crippen molar-refractivity contribution in [2.75, 3.05) is 13.7 Å².